The van der Waals surface area contributed by atoms with E-state index in [2.05, 4.69) is 9.97 Å². The number of rotatable bonds is 2. The van der Waals surface area contributed by atoms with Crippen LogP contribution in [0.1, 0.15) is 12.7 Å². The Labute approximate surface area is 86.8 Å². The summed E-state index contributed by atoms with van der Waals surface area (Å²) in [7, 11) is 0. The Morgan fingerprint density at radius 2 is 2.14 bits per heavy atom. The second kappa shape index (κ2) is 3.80. The largest absolute Gasteiger partial charge is 0.441 e. The zero-order valence-corrected chi connectivity index (χ0v) is 8.45. The number of hydrogen-bond donors (Lipinski definition) is 0. The number of aromatic nitrogens is 2. The van der Waals surface area contributed by atoms with Crippen LogP contribution in [-0.4, -0.2) is 9.97 Å². The van der Waals surface area contributed by atoms with Gasteiger partial charge in [-0.1, -0.05) is 18.5 Å². The Bertz CT molecular complexity index is 422. The van der Waals surface area contributed by atoms with Crippen LogP contribution < -0.4 is 0 Å². The lowest BCUT2D eigenvalue weighted by atomic mass is 10.3. The lowest BCUT2D eigenvalue weighted by Crippen LogP contribution is -1.79. The number of halogens is 1. The van der Waals surface area contributed by atoms with Gasteiger partial charge in [-0.3, -0.25) is 0 Å². The van der Waals surface area contributed by atoms with Crippen LogP contribution in [0, 0.1) is 0 Å². The van der Waals surface area contributed by atoms with E-state index in [-0.39, 0.29) is 0 Å². The maximum atomic E-state index is 5.67. The van der Waals surface area contributed by atoms with Gasteiger partial charge in [0.25, 0.3) is 0 Å². The maximum Gasteiger partial charge on any atom is 0.227 e. The van der Waals surface area contributed by atoms with Crippen molar-refractivity contribution in [2.24, 2.45) is 0 Å². The Hall–Kier alpha value is -1.35. The van der Waals surface area contributed by atoms with Crippen LogP contribution >= 0.6 is 11.6 Å². The lowest BCUT2D eigenvalue weighted by molar-refractivity contribution is 0.524. The van der Waals surface area contributed by atoms with Crippen LogP contribution in [0.3, 0.4) is 0 Å². The minimum Gasteiger partial charge on any atom is -0.441 e. The molecule has 2 rings (SSSR count). The Kier molecular flexibility index (Phi) is 2.50. The average molecular weight is 209 g/mol. The smallest absolute Gasteiger partial charge is 0.227 e. The zero-order chi connectivity index (χ0) is 9.97. The summed E-state index contributed by atoms with van der Waals surface area (Å²) in [5.41, 5.74) is 0.842. The van der Waals surface area contributed by atoms with Gasteiger partial charge in [-0.2, -0.15) is 0 Å². The molecule has 3 nitrogen and oxygen atoms in total. The Morgan fingerprint density at radius 1 is 1.29 bits per heavy atom. The Balaban J connectivity index is 2.34. The second-order valence-corrected chi connectivity index (χ2v) is 3.24. The third-order valence-corrected chi connectivity index (χ3v) is 2.10. The van der Waals surface area contributed by atoms with Crippen molar-refractivity contribution in [1.82, 2.24) is 9.97 Å². The molecule has 0 saturated heterocycles. The molecule has 2 heterocycles. The number of oxazole rings is 1. The molecule has 0 N–H and O–H groups in total. The molecule has 0 aliphatic heterocycles. The van der Waals surface area contributed by atoms with E-state index in [0.717, 1.165) is 17.7 Å². The van der Waals surface area contributed by atoms with Gasteiger partial charge in [0.15, 0.2) is 0 Å². The number of pyridine rings is 1. The van der Waals surface area contributed by atoms with E-state index < -0.39 is 0 Å². The van der Waals surface area contributed by atoms with E-state index in [1.807, 2.05) is 13.0 Å². The summed E-state index contributed by atoms with van der Waals surface area (Å²) in [5.74, 6) is 1.46. The van der Waals surface area contributed by atoms with E-state index in [1.165, 1.54) is 0 Å². The van der Waals surface area contributed by atoms with Crippen LogP contribution in [0.2, 0.25) is 5.15 Å². The molecule has 0 fully saturated rings. The van der Waals surface area contributed by atoms with Crippen LogP contribution in [-0.2, 0) is 6.42 Å². The third kappa shape index (κ3) is 1.77. The summed E-state index contributed by atoms with van der Waals surface area (Å²) in [4.78, 5) is 8.09. The molecular weight excluding hydrogens is 200 g/mol. The lowest BCUT2D eigenvalue weighted by Gasteiger charge is -1.94. The first-order chi connectivity index (χ1) is 6.79. The molecule has 0 atom stereocenters. The predicted molar refractivity (Wildman–Crippen MR) is 54.1 cm³/mol. The molecule has 4 heteroatoms. The molecular formula is C10H9ClN2O. The van der Waals surface area contributed by atoms with Gasteiger partial charge in [-0.25, -0.2) is 9.97 Å². The topological polar surface area (TPSA) is 38.9 Å². The molecule has 0 unspecified atom stereocenters. The highest BCUT2D eigenvalue weighted by Gasteiger charge is 2.05. The fourth-order valence-corrected chi connectivity index (χ4v) is 1.22. The number of hydrogen-bond acceptors (Lipinski definition) is 3. The van der Waals surface area contributed by atoms with Crippen molar-refractivity contribution in [3.05, 3.63) is 35.4 Å². The molecule has 2 aromatic heterocycles. The van der Waals surface area contributed by atoms with Crippen molar-refractivity contribution in [2.45, 2.75) is 13.3 Å². The van der Waals surface area contributed by atoms with Crippen LogP contribution in [0.5, 0.6) is 0 Å². The number of aryl methyl sites for hydroxylation is 1. The monoisotopic (exact) mass is 208 g/mol. The summed E-state index contributed by atoms with van der Waals surface area (Å²) in [6.07, 6.45) is 4.21. The zero-order valence-electron chi connectivity index (χ0n) is 7.70. The molecule has 72 valence electrons. The molecule has 0 bridgehead atoms. The minimum atomic E-state index is 0.469. The van der Waals surface area contributed by atoms with Crippen molar-refractivity contribution >= 4 is 11.6 Å². The van der Waals surface area contributed by atoms with Gasteiger partial charge in [0.1, 0.15) is 10.9 Å². The first-order valence-electron chi connectivity index (χ1n) is 4.36. The molecule has 0 spiro atoms. The predicted octanol–water partition coefficient (Wildman–Crippen LogP) is 2.95. The molecule has 0 aromatic carbocycles. The van der Waals surface area contributed by atoms with Gasteiger partial charge in [-0.15, -0.1) is 0 Å². The van der Waals surface area contributed by atoms with Gasteiger partial charge in [0.2, 0.25) is 5.89 Å². The fourth-order valence-electron chi connectivity index (χ4n) is 1.11. The highest BCUT2D eigenvalue weighted by molar-refractivity contribution is 6.29. The summed E-state index contributed by atoms with van der Waals surface area (Å²) < 4.78 is 5.46. The first kappa shape index (κ1) is 9.21. The maximum absolute atomic E-state index is 5.67. The average Bonchev–Trinajstić information content (AvgIpc) is 2.67. The quantitative estimate of drug-likeness (QED) is 0.713. The van der Waals surface area contributed by atoms with E-state index in [4.69, 9.17) is 16.0 Å². The van der Waals surface area contributed by atoms with E-state index in [1.54, 1.807) is 18.5 Å². The van der Waals surface area contributed by atoms with Gasteiger partial charge >= 0.3 is 0 Å². The summed E-state index contributed by atoms with van der Waals surface area (Å²) >= 11 is 5.67. The van der Waals surface area contributed by atoms with Gasteiger partial charge in [-0.05, 0) is 12.1 Å². The van der Waals surface area contributed by atoms with Crippen molar-refractivity contribution in [3.8, 4) is 11.5 Å². The summed E-state index contributed by atoms with van der Waals surface area (Å²) in [6.45, 7) is 2.02. The van der Waals surface area contributed by atoms with Crippen molar-refractivity contribution in [1.29, 1.82) is 0 Å². The van der Waals surface area contributed by atoms with Gasteiger partial charge in [0.05, 0.1) is 11.8 Å². The van der Waals surface area contributed by atoms with E-state index >= 15 is 0 Å². The molecule has 0 saturated carbocycles. The standard InChI is InChI=1S/C10H9ClN2O/c1-2-8-6-13-10(14-8)7-3-4-9(11)12-5-7/h3-6H,2H2,1H3. The minimum absolute atomic E-state index is 0.469. The van der Waals surface area contributed by atoms with Gasteiger partial charge in [0, 0.05) is 12.6 Å². The van der Waals surface area contributed by atoms with E-state index in [0.29, 0.717) is 11.0 Å². The van der Waals surface area contributed by atoms with Crippen molar-refractivity contribution < 1.29 is 4.42 Å². The van der Waals surface area contributed by atoms with Crippen molar-refractivity contribution in [3.63, 3.8) is 0 Å². The highest BCUT2D eigenvalue weighted by atomic mass is 35.5. The number of nitrogens with zero attached hydrogens (tertiary/aromatic N) is 2. The summed E-state index contributed by atoms with van der Waals surface area (Å²) in [5, 5.41) is 0.469. The fraction of sp³-hybridized carbons (Fsp3) is 0.200. The summed E-state index contributed by atoms with van der Waals surface area (Å²) in [6, 6.07) is 3.55. The van der Waals surface area contributed by atoms with Gasteiger partial charge < -0.3 is 4.42 Å². The second-order valence-electron chi connectivity index (χ2n) is 2.85. The molecule has 0 aliphatic rings. The van der Waals surface area contributed by atoms with Crippen LogP contribution in [0.25, 0.3) is 11.5 Å². The highest BCUT2D eigenvalue weighted by Crippen LogP contribution is 2.19. The first-order valence-corrected chi connectivity index (χ1v) is 4.74. The molecule has 0 radical (unpaired) electrons. The third-order valence-electron chi connectivity index (χ3n) is 1.88. The molecule has 2 aromatic rings. The molecule has 14 heavy (non-hydrogen) atoms. The van der Waals surface area contributed by atoms with E-state index in [9.17, 15) is 0 Å². The SMILES string of the molecule is CCc1cnc(-c2ccc(Cl)nc2)o1. The molecule has 0 aliphatic carbocycles. The normalized spacial score (nSPS) is 10.4. The van der Waals surface area contributed by atoms with Crippen LogP contribution in [0.15, 0.2) is 28.9 Å². The van der Waals surface area contributed by atoms with Crippen molar-refractivity contribution in [2.75, 3.05) is 0 Å². The van der Waals surface area contributed by atoms with Crippen LogP contribution in [0.4, 0.5) is 0 Å². The Morgan fingerprint density at radius 3 is 2.71 bits per heavy atom. The molecule has 0 amide bonds.